The largest absolute Gasteiger partial charge is 0.343 e. The van der Waals surface area contributed by atoms with Crippen molar-refractivity contribution in [3.8, 4) is 0 Å². The number of hydrogen-bond donors (Lipinski definition) is 1. The number of amides is 3. The molecule has 1 aromatic carbocycles. The molecule has 25 heavy (non-hydrogen) atoms. The molecule has 0 bridgehead atoms. The molecule has 2 fully saturated rings. The number of benzene rings is 1. The highest BCUT2D eigenvalue weighted by Crippen LogP contribution is 2.23. The van der Waals surface area contributed by atoms with E-state index in [4.69, 9.17) is 11.6 Å². The highest BCUT2D eigenvalue weighted by Gasteiger charge is 2.25. The first-order valence-electron chi connectivity index (χ1n) is 9.21. The number of anilines is 1. The molecule has 5 nitrogen and oxygen atoms in total. The molecule has 0 unspecified atom stereocenters. The molecule has 1 N–H and O–H groups in total. The van der Waals surface area contributed by atoms with Gasteiger partial charge in [0.05, 0.1) is 0 Å². The van der Waals surface area contributed by atoms with Crippen LogP contribution in [0.2, 0.25) is 5.02 Å². The first-order chi connectivity index (χ1) is 12.1. The highest BCUT2D eigenvalue weighted by atomic mass is 35.5. The molecule has 136 valence electrons. The summed E-state index contributed by atoms with van der Waals surface area (Å²) in [5, 5.41) is 3.57. The fourth-order valence-electron chi connectivity index (χ4n) is 3.67. The quantitative estimate of drug-likeness (QED) is 0.879. The summed E-state index contributed by atoms with van der Waals surface area (Å²) in [5.41, 5.74) is 0.751. The zero-order chi connectivity index (χ0) is 17.6. The molecule has 1 atom stereocenters. The maximum absolute atomic E-state index is 12.5. The van der Waals surface area contributed by atoms with Crippen LogP contribution in [0.3, 0.4) is 0 Å². The zero-order valence-corrected chi connectivity index (χ0v) is 15.3. The van der Waals surface area contributed by atoms with E-state index < -0.39 is 0 Å². The maximum atomic E-state index is 12.5. The summed E-state index contributed by atoms with van der Waals surface area (Å²) in [4.78, 5) is 28.5. The van der Waals surface area contributed by atoms with Crippen LogP contribution in [-0.2, 0) is 4.79 Å². The van der Waals surface area contributed by atoms with Gasteiger partial charge < -0.3 is 15.1 Å². The van der Waals surface area contributed by atoms with E-state index in [1.165, 1.54) is 0 Å². The van der Waals surface area contributed by atoms with Crippen LogP contribution in [0, 0.1) is 5.92 Å². The van der Waals surface area contributed by atoms with Crippen molar-refractivity contribution in [2.75, 3.05) is 31.5 Å². The van der Waals surface area contributed by atoms with Gasteiger partial charge in [-0.1, -0.05) is 11.6 Å². The van der Waals surface area contributed by atoms with Gasteiger partial charge >= 0.3 is 6.03 Å². The van der Waals surface area contributed by atoms with Gasteiger partial charge in [0.25, 0.3) is 0 Å². The van der Waals surface area contributed by atoms with Crippen molar-refractivity contribution in [1.82, 2.24) is 9.80 Å². The monoisotopic (exact) mass is 363 g/mol. The van der Waals surface area contributed by atoms with Gasteiger partial charge in [-0.15, -0.1) is 0 Å². The minimum absolute atomic E-state index is 0.0714. The fourth-order valence-corrected chi connectivity index (χ4v) is 3.80. The molecule has 0 radical (unpaired) electrons. The van der Waals surface area contributed by atoms with Gasteiger partial charge in [-0.05, 0) is 62.3 Å². The summed E-state index contributed by atoms with van der Waals surface area (Å²) < 4.78 is 0. The van der Waals surface area contributed by atoms with Crippen LogP contribution in [0.15, 0.2) is 24.3 Å². The lowest BCUT2D eigenvalue weighted by Crippen LogP contribution is -2.42. The number of urea groups is 1. The normalized spacial score (nSPS) is 20.6. The molecule has 3 rings (SSSR count). The van der Waals surface area contributed by atoms with Crippen molar-refractivity contribution in [3.05, 3.63) is 29.3 Å². The second kappa shape index (κ2) is 8.56. The summed E-state index contributed by atoms with van der Waals surface area (Å²) in [6.45, 7) is 3.33. The Labute approximate surface area is 154 Å². The first kappa shape index (κ1) is 18.1. The number of nitrogens with one attached hydrogen (secondary N) is 1. The number of halogens is 1. The number of rotatable bonds is 4. The first-order valence-corrected chi connectivity index (χ1v) is 9.59. The summed E-state index contributed by atoms with van der Waals surface area (Å²) >= 11 is 5.87. The van der Waals surface area contributed by atoms with Gasteiger partial charge in [0, 0.05) is 43.3 Å². The second-order valence-corrected chi connectivity index (χ2v) is 7.45. The third kappa shape index (κ3) is 5.11. The van der Waals surface area contributed by atoms with E-state index in [9.17, 15) is 9.59 Å². The smallest absolute Gasteiger partial charge is 0.321 e. The number of likely N-dealkylation sites (tertiary alicyclic amines) is 2. The van der Waals surface area contributed by atoms with E-state index in [0.29, 0.717) is 17.4 Å². The molecule has 2 heterocycles. The average Bonchev–Trinajstić information content (AvgIpc) is 3.16. The molecule has 1 aromatic rings. The number of carbonyl (C=O) groups is 2. The van der Waals surface area contributed by atoms with E-state index in [-0.39, 0.29) is 11.9 Å². The van der Waals surface area contributed by atoms with Gasteiger partial charge in [0.15, 0.2) is 0 Å². The Morgan fingerprint density at radius 3 is 2.44 bits per heavy atom. The molecule has 2 saturated heterocycles. The molecule has 0 spiro atoms. The zero-order valence-electron chi connectivity index (χ0n) is 14.5. The van der Waals surface area contributed by atoms with Crippen LogP contribution in [0.25, 0.3) is 0 Å². The maximum Gasteiger partial charge on any atom is 0.321 e. The van der Waals surface area contributed by atoms with E-state index >= 15 is 0 Å². The summed E-state index contributed by atoms with van der Waals surface area (Å²) in [5.74, 6) is 0.691. The Kier molecular flexibility index (Phi) is 6.19. The van der Waals surface area contributed by atoms with Crippen molar-refractivity contribution in [1.29, 1.82) is 0 Å². The lowest BCUT2D eigenvalue weighted by Gasteiger charge is -2.33. The highest BCUT2D eigenvalue weighted by molar-refractivity contribution is 6.30. The van der Waals surface area contributed by atoms with Gasteiger partial charge in [-0.3, -0.25) is 4.79 Å². The molecular formula is C19H26ClN3O2. The lowest BCUT2D eigenvalue weighted by molar-refractivity contribution is -0.130. The second-order valence-electron chi connectivity index (χ2n) is 7.02. The lowest BCUT2D eigenvalue weighted by atomic mass is 9.93. The van der Waals surface area contributed by atoms with Gasteiger partial charge in [0.2, 0.25) is 5.91 Å². The SMILES string of the molecule is O=C(CC[C@@H]1CCCN(C(=O)Nc2ccc(Cl)cc2)C1)N1CCCC1. The Bertz CT molecular complexity index is 599. The molecule has 2 aliphatic rings. The summed E-state index contributed by atoms with van der Waals surface area (Å²) in [6.07, 6.45) is 5.84. The predicted molar refractivity (Wildman–Crippen MR) is 99.8 cm³/mol. The standard InChI is InChI=1S/C19H26ClN3O2/c20-16-6-8-17(9-7-16)21-19(25)23-13-3-4-15(14-23)5-10-18(24)22-11-1-2-12-22/h6-9,15H,1-5,10-14H2,(H,21,25)/t15-/m0/s1. The molecule has 0 aliphatic carbocycles. The molecule has 6 heteroatoms. The Balaban J connectivity index is 1.46. The van der Waals surface area contributed by atoms with Crippen molar-refractivity contribution in [3.63, 3.8) is 0 Å². The van der Waals surface area contributed by atoms with E-state index in [1.54, 1.807) is 24.3 Å². The predicted octanol–water partition coefficient (Wildman–Crippen LogP) is 3.99. The van der Waals surface area contributed by atoms with Crippen LogP contribution in [0.4, 0.5) is 10.5 Å². The van der Waals surface area contributed by atoms with Crippen LogP contribution < -0.4 is 5.32 Å². The van der Waals surface area contributed by atoms with Gasteiger partial charge in [-0.2, -0.15) is 0 Å². The number of piperidine rings is 1. The number of hydrogen-bond acceptors (Lipinski definition) is 2. The van der Waals surface area contributed by atoms with Crippen molar-refractivity contribution in [2.45, 2.75) is 38.5 Å². The van der Waals surface area contributed by atoms with Crippen molar-refractivity contribution >= 4 is 29.2 Å². The molecule has 0 saturated carbocycles. The molecular weight excluding hydrogens is 338 g/mol. The van der Waals surface area contributed by atoms with Crippen molar-refractivity contribution < 1.29 is 9.59 Å². The minimum Gasteiger partial charge on any atom is -0.343 e. The van der Waals surface area contributed by atoms with E-state index in [1.807, 2.05) is 9.80 Å². The third-order valence-corrected chi connectivity index (χ3v) is 5.38. The Morgan fingerprint density at radius 2 is 1.72 bits per heavy atom. The number of nitrogens with zero attached hydrogens (tertiary/aromatic N) is 2. The Morgan fingerprint density at radius 1 is 1.04 bits per heavy atom. The van der Waals surface area contributed by atoms with E-state index in [0.717, 1.165) is 64.0 Å². The van der Waals surface area contributed by atoms with Crippen LogP contribution >= 0.6 is 11.6 Å². The van der Waals surface area contributed by atoms with Crippen LogP contribution in [0.5, 0.6) is 0 Å². The third-order valence-electron chi connectivity index (χ3n) is 5.13. The van der Waals surface area contributed by atoms with Gasteiger partial charge in [-0.25, -0.2) is 4.79 Å². The Hall–Kier alpha value is -1.75. The van der Waals surface area contributed by atoms with Crippen LogP contribution in [0.1, 0.15) is 38.5 Å². The molecule has 0 aromatic heterocycles. The fraction of sp³-hybridized carbons (Fsp3) is 0.579. The summed E-state index contributed by atoms with van der Waals surface area (Å²) in [7, 11) is 0. The topological polar surface area (TPSA) is 52.7 Å². The summed E-state index contributed by atoms with van der Waals surface area (Å²) in [6, 6.07) is 7.06. The van der Waals surface area contributed by atoms with Gasteiger partial charge in [0.1, 0.15) is 0 Å². The van der Waals surface area contributed by atoms with E-state index in [2.05, 4.69) is 5.32 Å². The molecule has 2 aliphatic heterocycles. The number of carbonyl (C=O) groups excluding carboxylic acids is 2. The minimum atomic E-state index is -0.0714. The average molecular weight is 364 g/mol. The molecule has 3 amide bonds. The van der Waals surface area contributed by atoms with Crippen LogP contribution in [-0.4, -0.2) is 47.9 Å². The van der Waals surface area contributed by atoms with Crippen molar-refractivity contribution in [2.24, 2.45) is 5.92 Å².